The Bertz CT molecular complexity index is 1550. The highest BCUT2D eigenvalue weighted by Gasteiger charge is 2.35. The molecule has 1 atom stereocenters. The average Bonchev–Trinajstić information content (AvgIpc) is 3.40. The van der Waals surface area contributed by atoms with Gasteiger partial charge >= 0.3 is 5.97 Å². The lowest BCUT2D eigenvalue weighted by atomic mass is 9.82. The second-order valence-corrected chi connectivity index (χ2v) is 14.9. The molecule has 2 aliphatic rings. The van der Waals surface area contributed by atoms with Crippen molar-refractivity contribution in [1.82, 2.24) is 19.5 Å². The smallest absolute Gasteiger partial charge is 0.302 e. The summed E-state index contributed by atoms with van der Waals surface area (Å²) in [5.41, 5.74) is 2.39. The Balaban J connectivity index is 1.28. The molecule has 2 aromatic carbocycles. The number of para-hydroxylation sites is 2. The van der Waals surface area contributed by atoms with E-state index in [2.05, 4.69) is 28.8 Å². The second kappa shape index (κ2) is 13.9. The predicted molar refractivity (Wildman–Crippen MR) is 170 cm³/mol. The number of rotatable bonds is 12. The number of fused-ring (bicyclic) bond motifs is 2. The van der Waals surface area contributed by atoms with Crippen LogP contribution < -0.4 is 10.0 Å². The number of aromatic nitrogens is 1. The summed E-state index contributed by atoms with van der Waals surface area (Å²) in [7, 11) is -4.05. The first-order valence-electron chi connectivity index (χ1n) is 15.0. The number of nitrogens with zero attached hydrogens (tertiary/aromatic N) is 3. The molecule has 5 rings (SSSR count). The highest BCUT2D eigenvalue weighted by Crippen LogP contribution is 2.36. The van der Waals surface area contributed by atoms with E-state index in [4.69, 9.17) is 14.5 Å². The summed E-state index contributed by atoms with van der Waals surface area (Å²) in [6.45, 7) is 10.3. The maximum atomic E-state index is 14.0. The van der Waals surface area contributed by atoms with Crippen LogP contribution in [-0.2, 0) is 41.9 Å². The van der Waals surface area contributed by atoms with Gasteiger partial charge in [0, 0.05) is 52.6 Å². The van der Waals surface area contributed by atoms with E-state index in [-0.39, 0.29) is 35.2 Å². The van der Waals surface area contributed by atoms with Crippen LogP contribution in [0, 0.1) is 5.41 Å². The van der Waals surface area contributed by atoms with E-state index in [1.165, 1.54) is 18.3 Å². The molecule has 0 spiro atoms. The topological polar surface area (TPSA) is 130 Å². The molecule has 1 aromatic heterocycles. The lowest BCUT2D eigenvalue weighted by molar-refractivity contribution is -0.142. The van der Waals surface area contributed by atoms with Gasteiger partial charge in [-0.05, 0) is 35.6 Å². The van der Waals surface area contributed by atoms with Crippen LogP contribution in [-0.4, -0.2) is 100 Å². The van der Waals surface area contributed by atoms with Crippen LogP contribution in [0.2, 0.25) is 0 Å². The maximum Gasteiger partial charge on any atom is 0.302 e. The summed E-state index contributed by atoms with van der Waals surface area (Å²) in [5.74, 6) is -0.592. The number of ether oxygens (including phenoxy) is 2. The number of sulfonamides is 1. The van der Waals surface area contributed by atoms with Gasteiger partial charge in [0.05, 0.1) is 34.1 Å². The summed E-state index contributed by atoms with van der Waals surface area (Å²) in [6, 6.07) is 12.0. The number of esters is 1. The van der Waals surface area contributed by atoms with Crippen molar-refractivity contribution in [1.29, 1.82) is 0 Å². The van der Waals surface area contributed by atoms with Crippen molar-refractivity contribution in [3.63, 3.8) is 0 Å². The molecule has 0 unspecified atom stereocenters. The lowest BCUT2D eigenvalue weighted by Crippen LogP contribution is -2.55. The number of amides is 1. The predicted octanol–water partition coefficient (Wildman–Crippen LogP) is 2.90. The van der Waals surface area contributed by atoms with Crippen LogP contribution in [0.5, 0.6) is 0 Å². The first-order chi connectivity index (χ1) is 21.0. The van der Waals surface area contributed by atoms with E-state index in [0.29, 0.717) is 63.2 Å². The average molecular weight is 644 g/mol. The fraction of sp³-hybridized carbons (Fsp3) is 0.516. The number of carbonyl (C=O) groups excluding carboxylic acids is 2. The van der Waals surface area contributed by atoms with Crippen molar-refractivity contribution in [2.24, 2.45) is 5.41 Å². The number of hydrogen-bond donors (Lipinski definition) is 2. The van der Waals surface area contributed by atoms with Gasteiger partial charge in [0.15, 0.2) is 0 Å². The van der Waals surface area contributed by atoms with Gasteiger partial charge < -0.3 is 19.7 Å². The fourth-order valence-electron chi connectivity index (χ4n) is 5.62. The van der Waals surface area contributed by atoms with Crippen LogP contribution >= 0.6 is 11.3 Å². The van der Waals surface area contributed by atoms with Gasteiger partial charge in [0.1, 0.15) is 17.5 Å². The summed E-state index contributed by atoms with van der Waals surface area (Å²) in [4.78, 5) is 33.6. The molecule has 238 valence electrons. The van der Waals surface area contributed by atoms with E-state index < -0.39 is 16.1 Å². The van der Waals surface area contributed by atoms with Gasteiger partial charge in [-0.15, -0.1) is 11.3 Å². The molecule has 11 nitrogen and oxygen atoms in total. The number of benzene rings is 2. The van der Waals surface area contributed by atoms with Crippen molar-refractivity contribution in [2.75, 3.05) is 64.4 Å². The number of nitrogens with one attached hydrogen (secondary N) is 2. The highest BCUT2D eigenvalue weighted by atomic mass is 32.2. The highest BCUT2D eigenvalue weighted by molar-refractivity contribution is 7.89. The molecular formula is C31H41N5O6S2. The van der Waals surface area contributed by atoms with Crippen LogP contribution in [0.15, 0.2) is 47.4 Å². The SMILES string of the molecule is CC(=O)OCCOCCN1CCN(C(=O)[C@H](Cc2nc3ccccc3s2)NS(=O)(=O)c2cccc3c2NCC(C)(C)C3)CC1. The minimum Gasteiger partial charge on any atom is -0.463 e. The Morgan fingerprint density at radius 1 is 1.07 bits per heavy atom. The Labute approximate surface area is 263 Å². The van der Waals surface area contributed by atoms with Gasteiger partial charge in [0.25, 0.3) is 0 Å². The van der Waals surface area contributed by atoms with Crippen molar-refractivity contribution < 1.29 is 27.5 Å². The van der Waals surface area contributed by atoms with Crippen LogP contribution in [0.3, 0.4) is 0 Å². The molecule has 1 saturated heterocycles. The second-order valence-electron chi connectivity index (χ2n) is 12.1. The Morgan fingerprint density at radius 2 is 1.84 bits per heavy atom. The van der Waals surface area contributed by atoms with Gasteiger partial charge in [-0.3, -0.25) is 14.5 Å². The number of thiazole rings is 1. The van der Waals surface area contributed by atoms with Gasteiger partial charge in [-0.2, -0.15) is 4.72 Å². The van der Waals surface area contributed by atoms with Crippen molar-refractivity contribution in [3.8, 4) is 0 Å². The first-order valence-corrected chi connectivity index (χ1v) is 17.3. The van der Waals surface area contributed by atoms with Crippen molar-refractivity contribution in [2.45, 2.75) is 44.6 Å². The fourth-order valence-corrected chi connectivity index (χ4v) is 8.05. The van der Waals surface area contributed by atoms with Crippen LogP contribution in [0.25, 0.3) is 10.2 Å². The molecule has 3 heterocycles. The molecule has 44 heavy (non-hydrogen) atoms. The molecule has 0 radical (unpaired) electrons. The molecule has 1 amide bonds. The maximum absolute atomic E-state index is 14.0. The molecule has 2 N–H and O–H groups in total. The standard InChI is InChI=1S/C31H41N5O6S2/c1-22(37)42-18-17-41-16-15-35-11-13-36(14-12-35)30(38)25(19-28-33-24-8-4-5-9-26(24)43-28)34-44(39,40)27-10-6-7-23-20-31(2,3)21-32-29(23)27/h4-10,25,32,34H,11-21H2,1-3H3/t25-/m0/s1. The molecule has 3 aromatic rings. The monoisotopic (exact) mass is 643 g/mol. The van der Waals surface area contributed by atoms with Gasteiger partial charge in [0.2, 0.25) is 15.9 Å². The first kappa shape index (κ1) is 32.3. The molecule has 0 bridgehead atoms. The quantitative estimate of drug-likeness (QED) is 0.226. The van der Waals surface area contributed by atoms with E-state index in [0.717, 1.165) is 22.2 Å². The summed E-state index contributed by atoms with van der Waals surface area (Å²) in [5, 5.41) is 4.04. The zero-order valence-corrected chi connectivity index (χ0v) is 27.1. The van der Waals surface area contributed by atoms with E-state index in [9.17, 15) is 18.0 Å². The van der Waals surface area contributed by atoms with Crippen molar-refractivity contribution >= 4 is 49.1 Å². The normalized spacial score (nSPS) is 17.6. The third-order valence-corrected chi connectivity index (χ3v) is 10.5. The third-order valence-electron chi connectivity index (χ3n) is 7.90. The summed E-state index contributed by atoms with van der Waals surface area (Å²) >= 11 is 1.47. The number of piperazine rings is 1. The Hall–Kier alpha value is -3.10. The molecule has 13 heteroatoms. The molecular weight excluding hydrogens is 603 g/mol. The largest absolute Gasteiger partial charge is 0.463 e. The minimum atomic E-state index is -4.05. The van der Waals surface area contributed by atoms with Crippen molar-refractivity contribution in [3.05, 3.63) is 53.0 Å². The minimum absolute atomic E-state index is 0.00629. The zero-order valence-electron chi connectivity index (χ0n) is 25.5. The molecule has 0 saturated carbocycles. The van der Waals surface area contributed by atoms with Gasteiger partial charge in [-0.1, -0.05) is 38.1 Å². The lowest BCUT2D eigenvalue weighted by Gasteiger charge is -2.36. The number of anilines is 1. The van der Waals surface area contributed by atoms with E-state index in [1.54, 1.807) is 17.0 Å². The van der Waals surface area contributed by atoms with E-state index >= 15 is 0 Å². The number of carbonyl (C=O) groups is 2. The zero-order chi connectivity index (χ0) is 31.3. The Morgan fingerprint density at radius 3 is 2.59 bits per heavy atom. The molecule has 2 aliphatic heterocycles. The van der Waals surface area contributed by atoms with Crippen LogP contribution in [0.4, 0.5) is 5.69 Å². The third kappa shape index (κ3) is 8.13. The van der Waals surface area contributed by atoms with Gasteiger partial charge in [-0.25, -0.2) is 13.4 Å². The summed E-state index contributed by atoms with van der Waals surface area (Å²) in [6.07, 6.45) is 0.914. The van der Waals surface area contributed by atoms with Crippen LogP contribution in [0.1, 0.15) is 31.3 Å². The molecule has 0 aliphatic carbocycles. The number of hydrogen-bond acceptors (Lipinski definition) is 10. The Kier molecular flexibility index (Phi) is 10.2. The summed E-state index contributed by atoms with van der Waals surface area (Å²) < 4.78 is 42.0. The van der Waals surface area contributed by atoms with E-state index in [1.807, 2.05) is 30.3 Å². The molecule has 1 fully saturated rings.